The molecule has 0 spiro atoms. The summed E-state index contributed by atoms with van der Waals surface area (Å²) in [6.07, 6.45) is 1.73. The van der Waals surface area contributed by atoms with Crippen molar-refractivity contribution in [1.29, 1.82) is 5.26 Å². The van der Waals surface area contributed by atoms with E-state index in [4.69, 9.17) is 5.26 Å². The van der Waals surface area contributed by atoms with Crippen LogP contribution in [0.3, 0.4) is 0 Å². The molecule has 2 aromatic rings. The summed E-state index contributed by atoms with van der Waals surface area (Å²) >= 11 is 3.45. The topological polar surface area (TPSA) is 41.6 Å². The van der Waals surface area contributed by atoms with Gasteiger partial charge in [0.1, 0.15) is 0 Å². The van der Waals surface area contributed by atoms with Gasteiger partial charge >= 0.3 is 0 Å². The molecular formula is C12H10BrN3. The molecule has 3 nitrogen and oxygen atoms in total. The van der Waals surface area contributed by atoms with E-state index in [-0.39, 0.29) is 0 Å². The van der Waals surface area contributed by atoms with Gasteiger partial charge in [-0.15, -0.1) is 0 Å². The van der Waals surface area contributed by atoms with Crippen molar-refractivity contribution in [3.63, 3.8) is 0 Å². The molecule has 16 heavy (non-hydrogen) atoms. The second-order valence-electron chi connectivity index (χ2n) is 3.63. The van der Waals surface area contributed by atoms with Gasteiger partial charge in [-0.3, -0.25) is 4.68 Å². The summed E-state index contributed by atoms with van der Waals surface area (Å²) in [5.41, 5.74) is 3.63. The fourth-order valence-corrected chi connectivity index (χ4v) is 2.23. The first kappa shape index (κ1) is 10.9. The molecule has 0 N–H and O–H groups in total. The molecular weight excluding hydrogens is 266 g/mol. The Morgan fingerprint density at radius 3 is 2.75 bits per heavy atom. The smallest absolute Gasteiger partial charge is 0.0998 e. The summed E-state index contributed by atoms with van der Waals surface area (Å²) in [5.74, 6) is 0. The lowest BCUT2D eigenvalue weighted by atomic mass is 10.0. The average molecular weight is 276 g/mol. The van der Waals surface area contributed by atoms with Crippen molar-refractivity contribution in [2.24, 2.45) is 7.05 Å². The second-order valence-corrected chi connectivity index (χ2v) is 4.48. The monoisotopic (exact) mass is 275 g/mol. The predicted octanol–water partition coefficient (Wildman–Crippen LogP) is 3.03. The van der Waals surface area contributed by atoms with E-state index < -0.39 is 0 Å². The molecule has 0 aliphatic carbocycles. The Labute approximate surface area is 102 Å². The maximum absolute atomic E-state index is 9.09. The fraction of sp³-hybridized carbons (Fsp3) is 0.167. The molecule has 0 radical (unpaired) electrons. The molecule has 1 aromatic heterocycles. The minimum atomic E-state index is 0.662. The molecule has 0 fully saturated rings. The lowest BCUT2D eigenvalue weighted by Crippen LogP contribution is -1.96. The maximum atomic E-state index is 9.09. The van der Waals surface area contributed by atoms with Crippen LogP contribution in [0.1, 0.15) is 11.1 Å². The second kappa shape index (κ2) is 4.11. The van der Waals surface area contributed by atoms with Gasteiger partial charge in [0.15, 0.2) is 0 Å². The third kappa shape index (κ3) is 1.74. The average Bonchev–Trinajstić information content (AvgIpc) is 2.58. The van der Waals surface area contributed by atoms with Crippen molar-refractivity contribution >= 4 is 15.9 Å². The normalized spacial score (nSPS) is 10.1. The first-order valence-corrected chi connectivity index (χ1v) is 5.61. The third-order valence-corrected chi connectivity index (χ3v) is 3.03. The van der Waals surface area contributed by atoms with Crippen LogP contribution < -0.4 is 0 Å². The van der Waals surface area contributed by atoms with Crippen molar-refractivity contribution < 1.29 is 0 Å². The summed E-state index contributed by atoms with van der Waals surface area (Å²) in [6.45, 7) is 2.01. The van der Waals surface area contributed by atoms with E-state index >= 15 is 0 Å². The Bertz CT molecular complexity index is 559. The van der Waals surface area contributed by atoms with Crippen molar-refractivity contribution in [3.05, 3.63) is 40.0 Å². The first-order valence-electron chi connectivity index (χ1n) is 4.82. The summed E-state index contributed by atoms with van der Waals surface area (Å²) < 4.78 is 2.66. The minimum Gasteiger partial charge on any atom is -0.267 e. The zero-order chi connectivity index (χ0) is 11.7. The maximum Gasteiger partial charge on any atom is 0.0998 e. The van der Waals surface area contributed by atoms with Gasteiger partial charge in [0, 0.05) is 12.6 Å². The molecule has 0 aliphatic rings. The molecule has 80 valence electrons. The number of hydrogen-bond donors (Lipinski definition) is 0. The third-order valence-electron chi connectivity index (χ3n) is 2.44. The molecule has 0 saturated heterocycles. The van der Waals surface area contributed by atoms with Crippen LogP contribution in [0.5, 0.6) is 0 Å². The minimum absolute atomic E-state index is 0.662. The molecule has 0 atom stereocenters. The number of halogens is 1. The van der Waals surface area contributed by atoms with Gasteiger partial charge in [-0.2, -0.15) is 10.4 Å². The van der Waals surface area contributed by atoms with Crippen LogP contribution in [0.4, 0.5) is 0 Å². The summed E-state index contributed by atoms with van der Waals surface area (Å²) in [6, 6.07) is 7.98. The Morgan fingerprint density at radius 2 is 2.19 bits per heavy atom. The van der Waals surface area contributed by atoms with Gasteiger partial charge in [0.05, 0.1) is 28.0 Å². The number of hydrogen-bond acceptors (Lipinski definition) is 2. The van der Waals surface area contributed by atoms with Crippen LogP contribution in [-0.4, -0.2) is 9.78 Å². The van der Waals surface area contributed by atoms with Crippen LogP contribution in [-0.2, 0) is 7.05 Å². The number of rotatable bonds is 1. The zero-order valence-corrected chi connectivity index (χ0v) is 10.6. The molecule has 4 heteroatoms. The number of aromatic nitrogens is 2. The van der Waals surface area contributed by atoms with E-state index in [0.29, 0.717) is 5.56 Å². The highest BCUT2D eigenvalue weighted by Crippen LogP contribution is 2.30. The number of nitriles is 1. The van der Waals surface area contributed by atoms with E-state index in [0.717, 1.165) is 21.3 Å². The van der Waals surface area contributed by atoms with Gasteiger partial charge in [-0.1, -0.05) is 11.6 Å². The van der Waals surface area contributed by atoms with E-state index in [1.807, 2.05) is 32.2 Å². The number of aryl methyl sites for hydroxylation is 2. The molecule has 0 saturated carbocycles. The van der Waals surface area contributed by atoms with Gasteiger partial charge in [-0.05, 0) is 35.0 Å². The molecule has 0 bridgehead atoms. The first-order chi connectivity index (χ1) is 7.63. The van der Waals surface area contributed by atoms with E-state index in [1.165, 1.54) is 0 Å². The Hall–Kier alpha value is -1.60. The number of nitrogens with zero attached hydrogens (tertiary/aromatic N) is 3. The zero-order valence-electron chi connectivity index (χ0n) is 9.03. The Balaban J connectivity index is 2.73. The van der Waals surface area contributed by atoms with Gasteiger partial charge in [0.2, 0.25) is 0 Å². The predicted molar refractivity (Wildman–Crippen MR) is 65.8 cm³/mol. The van der Waals surface area contributed by atoms with Crippen molar-refractivity contribution in [2.75, 3.05) is 0 Å². The summed E-state index contributed by atoms with van der Waals surface area (Å²) in [7, 11) is 1.86. The van der Waals surface area contributed by atoms with E-state index in [9.17, 15) is 0 Å². The quantitative estimate of drug-likeness (QED) is 0.803. The molecule has 0 unspecified atom stereocenters. The molecule has 0 amide bonds. The van der Waals surface area contributed by atoms with Crippen molar-refractivity contribution in [2.45, 2.75) is 6.92 Å². The van der Waals surface area contributed by atoms with Crippen LogP contribution >= 0.6 is 15.9 Å². The lowest BCUT2D eigenvalue weighted by molar-refractivity contribution is 0.775. The van der Waals surface area contributed by atoms with Crippen LogP contribution in [0.15, 0.2) is 28.9 Å². The molecule has 1 aromatic carbocycles. The van der Waals surface area contributed by atoms with Crippen molar-refractivity contribution in [3.8, 4) is 17.3 Å². The van der Waals surface area contributed by atoms with Gasteiger partial charge in [-0.25, -0.2) is 0 Å². The van der Waals surface area contributed by atoms with Gasteiger partial charge < -0.3 is 0 Å². The van der Waals surface area contributed by atoms with Crippen molar-refractivity contribution in [1.82, 2.24) is 9.78 Å². The fourth-order valence-electron chi connectivity index (χ4n) is 1.67. The highest BCUT2D eigenvalue weighted by atomic mass is 79.9. The Kier molecular flexibility index (Phi) is 2.80. The molecule has 1 heterocycles. The van der Waals surface area contributed by atoms with Crippen LogP contribution in [0, 0.1) is 18.3 Å². The molecule has 0 aliphatic heterocycles. The lowest BCUT2D eigenvalue weighted by Gasteiger charge is -2.06. The highest BCUT2D eigenvalue weighted by Gasteiger charge is 2.12. The van der Waals surface area contributed by atoms with Crippen LogP contribution in [0.2, 0.25) is 0 Å². The van der Waals surface area contributed by atoms with Gasteiger partial charge in [0.25, 0.3) is 0 Å². The standard InChI is InChI=1S/C12H10BrN3/c1-8-3-4-9(6-14)10(5-8)12-11(13)7-15-16(12)2/h3-5,7H,1-2H3. The Morgan fingerprint density at radius 1 is 1.44 bits per heavy atom. The highest BCUT2D eigenvalue weighted by molar-refractivity contribution is 9.10. The largest absolute Gasteiger partial charge is 0.267 e. The van der Waals surface area contributed by atoms with Crippen LogP contribution in [0.25, 0.3) is 11.3 Å². The summed E-state index contributed by atoms with van der Waals surface area (Å²) in [5, 5.41) is 13.3. The number of benzene rings is 1. The summed E-state index contributed by atoms with van der Waals surface area (Å²) in [4.78, 5) is 0. The van der Waals surface area contributed by atoms with E-state index in [2.05, 4.69) is 27.1 Å². The molecule has 2 rings (SSSR count). The van der Waals surface area contributed by atoms with E-state index in [1.54, 1.807) is 10.9 Å². The SMILES string of the molecule is Cc1ccc(C#N)c(-c2c(Br)cnn2C)c1.